The summed E-state index contributed by atoms with van der Waals surface area (Å²) in [4.78, 5) is 4.65. The molecular weight excluding hydrogens is 208 g/mol. The third kappa shape index (κ3) is 2.22. The number of ether oxygens (including phenoxy) is 1. The highest BCUT2D eigenvalue weighted by atomic mass is 32.1. The molecule has 4 heteroatoms. The van der Waals surface area contributed by atoms with Crippen LogP contribution in [0.25, 0.3) is 0 Å². The highest BCUT2D eigenvalue weighted by Gasteiger charge is 2.26. The van der Waals surface area contributed by atoms with Crippen molar-refractivity contribution in [2.24, 2.45) is 5.73 Å². The zero-order valence-corrected chi connectivity index (χ0v) is 10.1. The number of hydrogen-bond acceptors (Lipinski definition) is 4. The highest BCUT2D eigenvalue weighted by molar-refractivity contribution is 7.09. The van der Waals surface area contributed by atoms with E-state index >= 15 is 0 Å². The van der Waals surface area contributed by atoms with Crippen LogP contribution in [0.2, 0.25) is 0 Å². The van der Waals surface area contributed by atoms with Crippen molar-refractivity contribution in [1.29, 1.82) is 0 Å². The van der Waals surface area contributed by atoms with E-state index in [2.05, 4.69) is 17.3 Å². The fourth-order valence-electron chi connectivity index (χ4n) is 1.65. The predicted molar refractivity (Wildman–Crippen MR) is 62.1 cm³/mol. The van der Waals surface area contributed by atoms with E-state index < -0.39 is 0 Å². The quantitative estimate of drug-likeness (QED) is 0.859. The molecule has 1 fully saturated rings. The zero-order valence-electron chi connectivity index (χ0n) is 9.32. The third-order valence-electron chi connectivity index (χ3n) is 3.09. The number of nitrogens with two attached hydrogens (primary N) is 1. The molecule has 3 nitrogen and oxygen atoms in total. The molecule has 0 spiro atoms. The minimum atomic E-state index is -0.275. The van der Waals surface area contributed by atoms with Crippen LogP contribution in [-0.2, 0) is 10.3 Å². The Morgan fingerprint density at radius 3 is 3.13 bits per heavy atom. The van der Waals surface area contributed by atoms with Crippen molar-refractivity contribution in [3.8, 4) is 0 Å². The van der Waals surface area contributed by atoms with E-state index in [1.807, 2.05) is 6.92 Å². The Labute approximate surface area is 94.7 Å². The highest BCUT2D eigenvalue weighted by Crippen LogP contribution is 2.30. The van der Waals surface area contributed by atoms with Crippen LogP contribution in [0.3, 0.4) is 0 Å². The van der Waals surface area contributed by atoms with Gasteiger partial charge in [0.25, 0.3) is 0 Å². The summed E-state index contributed by atoms with van der Waals surface area (Å²) in [7, 11) is 0. The second-order valence-electron chi connectivity index (χ2n) is 4.41. The second-order valence-corrected chi connectivity index (χ2v) is 5.27. The summed E-state index contributed by atoms with van der Waals surface area (Å²) in [5.74, 6) is 0.489. The van der Waals surface area contributed by atoms with Gasteiger partial charge in [0.05, 0.1) is 17.8 Å². The van der Waals surface area contributed by atoms with Crippen LogP contribution in [-0.4, -0.2) is 18.2 Å². The number of nitrogens with zero attached hydrogens (tertiary/aromatic N) is 1. The average molecular weight is 226 g/mol. The molecule has 0 saturated carbocycles. The van der Waals surface area contributed by atoms with Gasteiger partial charge in [-0.3, -0.25) is 0 Å². The van der Waals surface area contributed by atoms with E-state index in [4.69, 9.17) is 10.5 Å². The molecule has 2 rings (SSSR count). The topological polar surface area (TPSA) is 48.1 Å². The maximum Gasteiger partial charge on any atom is 0.112 e. The molecule has 1 aliphatic rings. The van der Waals surface area contributed by atoms with Crippen LogP contribution in [0, 0.1) is 0 Å². The Morgan fingerprint density at radius 1 is 1.73 bits per heavy atom. The lowest BCUT2D eigenvalue weighted by molar-refractivity contribution is 0.193. The van der Waals surface area contributed by atoms with Crippen molar-refractivity contribution in [2.75, 3.05) is 13.2 Å². The number of aromatic nitrogens is 1. The van der Waals surface area contributed by atoms with Crippen molar-refractivity contribution in [2.45, 2.75) is 38.1 Å². The van der Waals surface area contributed by atoms with Crippen LogP contribution >= 0.6 is 11.3 Å². The summed E-state index contributed by atoms with van der Waals surface area (Å²) < 4.78 is 5.37. The lowest BCUT2D eigenvalue weighted by Crippen LogP contribution is -2.31. The number of thiazole rings is 1. The number of rotatable bonds is 3. The van der Waals surface area contributed by atoms with Gasteiger partial charge >= 0.3 is 0 Å². The van der Waals surface area contributed by atoms with Crippen LogP contribution < -0.4 is 5.73 Å². The average Bonchev–Trinajstić information content (AvgIpc) is 2.88. The molecule has 2 atom stereocenters. The molecule has 2 N–H and O–H groups in total. The van der Waals surface area contributed by atoms with Gasteiger partial charge in [-0.25, -0.2) is 4.98 Å². The van der Waals surface area contributed by atoms with E-state index in [0.29, 0.717) is 5.92 Å². The van der Waals surface area contributed by atoms with Gasteiger partial charge in [-0.05, 0) is 19.8 Å². The Hall–Kier alpha value is -0.450. The molecule has 1 saturated heterocycles. The lowest BCUT2D eigenvalue weighted by Gasteiger charge is -2.19. The maximum absolute atomic E-state index is 6.17. The van der Waals surface area contributed by atoms with Gasteiger partial charge in [0.2, 0.25) is 0 Å². The van der Waals surface area contributed by atoms with Gasteiger partial charge in [-0.1, -0.05) is 6.92 Å². The van der Waals surface area contributed by atoms with Gasteiger partial charge in [0, 0.05) is 17.9 Å². The van der Waals surface area contributed by atoms with E-state index in [-0.39, 0.29) is 5.54 Å². The van der Waals surface area contributed by atoms with Crippen molar-refractivity contribution in [3.63, 3.8) is 0 Å². The molecule has 0 radical (unpaired) electrons. The van der Waals surface area contributed by atoms with E-state index in [1.54, 1.807) is 11.3 Å². The molecule has 2 heterocycles. The first-order valence-electron chi connectivity index (χ1n) is 5.46. The van der Waals surface area contributed by atoms with Crippen molar-refractivity contribution in [3.05, 3.63) is 16.1 Å². The lowest BCUT2D eigenvalue weighted by atomic mass is 10.0. The molecule has 15 heavy (non-hydrogen) atoms. The molecule has 1 aliphatic heterocycles. The SMILES string of the molecule is CCC(C)(N)c1nc(C2CCOC2)cs1. The first kappa shape index (κ1) is 11.0. The molecule has 1 aromatic heterocycles. The first-order chi connectivity index (χ1) is 7.13. The minimum absolute atomic E-state index is 0.275. The summed E-state index contributed by atoms with van der Waals surface area (Å²) in [6.45, 7) is 5.82. The molecule has 84 valence electrons. The predicted octanol–water partition coefficient (Wildman–Crippen LogP) is 2.23. The largest absolute Gasteiger partial charge is 0.381 e. The molecule has 0 amide bonds. The summed E-state index contributed by atoms with van der Waals surface area (Å²) >= 11 is 1.68. The fraction of sp³-hybridized carbons (Fsp3) is 0.727. The monoisotopic (exact) mass is 226 g/mol. The fourth-order valence-corrected chi connectivity index (χ4v) is 2.70. The second kappa shape index (κ2) is 4.20. The van der Waals surface area contributed by atoms with Crippen molar-refractivity contribution < 1.29 is 4.74 Å². The van der Waals surface area contributed by atoms with Crippen LogP contribution in [0.5, 0.6) is 0 Å². The minimum Gasteiger partial charge on any atom is -0.381 e. The van der Waals surface area contributed by atoms with Crippen LogP contribution in [0.4, 0.5) is 0 Å². The normalized spacial score (nSPS) is 25.4. The van der Waals surface area contributed by atoms with Crippen molar-refractivity contribution >= 4 is 11.3 Å². The van der Waals surface area contributed by atoms with Crippen molar-refractivity contribution in [1.82, 2.24) is 4.98 Å². The van der Waals surface area contributed by atoms with Gasteiger partial charge in [0.15, 0.2) is 0 Å². The molecule has 1 aromatic rings. The molecular formula is C11H18N2OS. The van der Waals surface area contributed by atoms with Gasteiger partial charge in [0.1, 0.15) is 5.01 Å². The summed E-state index contributed by atoms with van der Waals surface area (Å²) in [6, 6.07) is 0. The van der Waals surface area contributed by atoms with E-state index in [1.165, 1.54) is 0 Å². The summed E-state index contributed by atoms with van der Waals surface area (Å²) in [6.07, 6.45) is 2.01. The van der Waals surface area contributed by atoms with Crippen LogP contribution in [0.1, 0.15) is 43.3 Å². The van der Waals surface area contributed by atoms with Gasteiger partial charge in [-0.2, -0.15) is 0 Å². The third-order valence-corrected chi connectivity index (χ3v) is 4.23. The first-order valence-corrected chi connectivity index (χ1v) is 6.34. The summed E-state index contributed by atoms with van der Waals surface area (Å²) in [5.41, 5.74) is 7.06. The Balaban J connectivity index is 2.16. The van der Waals surface area contributed by atoms with Gasteiger partial charge in [-0.15, -0.1) is 11.3 Å². The zero-order chi connectivity index (χ0) is 10.9. The van der Waals surface area contributed by atoms with E-state index in [0.717, 1.165) is 36.8 Å². The Kier molecular flexibility index (Phi) is 3.09. The Morgan fingerprint density at radius 2 is 2.53 bits per heavy atom. The Bertz CT molecular complexity index is 329. The van der Waals surface area contributed by atoms with Crippen LogP contribution in [0.15, 0.2) is 5.38 Å². The molecule has 2 unspecified atom stereocenters. The molecule has 0 aromatic carbocycles. The van der Waals surface area contributed by atoms with Gasteiger partial charge < -0.3 is 10.5 Å². The molecule has 0 bridgehead atoms. The van der Waals surface area contributed by atoms with E-state index in [9.17, 15) is 0 Å². The smallest absolute Gasteiger partial charge is 0.112 e. The summed E-state index contributed by atoms with van der Waals surface area (Å²) in [5, 5.41) is 3.18. The molecule has 0 aliphatic carbocycles. The standard InChI is InChI=1S/C11H18N2OS/c1-3-11(2,12)10-13-9(7-15-10)8-4-5-14-6-8/h7-8H,3-6,12H2,1-2H3. The number of hydrogen-bond donors (Lipinski definition) is 1. The maximum atomic E-state index is 6.17.